The highest BCUT2D eigenvalue weighted by Gasteiger charge is 2.37. The number of hydrogen-bond acceptors (Lipinski definition) is 4. The summed E-state index contributed by atoms with van der Waals surface area (Å²) in [6.45, 7) is 0. The molecular weight excluding hydrogens is 257 g/mol. The van der Waals surface area contributed by atoms with Crippen LogP contribution in [0.1, 0.15) is 26.3 Å². The number of alkyl halides is 3. The van der Waals surface area contributed by atoms with Crippen molar-refractivity contribution in [2.45, 2.75) is 6.18 Å². The zero-order valence-corrected chi connectivity index (χ0v) is 8.52. The van der Waals surface area contributed by atoms with Gasteiger partial charge in [0.15, 0.2) is 6.29 Å². The van der Waals surface area contributed by atoms with Crippen molar-refractivity contribution in [1.82, 2.24) is 0 Å². The second-order valence-corrected chi connectivity index (χ2v) is 3.19. The van der Waals surface area contributed by atoms with Crippen LogP contribution in [0.15, 0.2) is 12.1 Å². The first-order valence-corrected chi connectivity index (χ1v) is 4.33. The number of nitro groups is 1. The molecule has 0 aliphatic heterocycles. The third-order valence-corrected chi connectivity index (χ3v) is 2.06. The van der Waals surface area contributed by atoms with Crippen molar-refractivity contribution in [3.63, 3.8) is 0 Å². The smallest absolute Gasteiger partial charge is 0.366 e. The standard InChI is InChI=1S/C9H5F3N2O4/c10-9(11,12)6-1-4(3-15)7(14(17)18)2-5(6)8(13)16/h1-3H,(H2,13,16). The van der Waals surface area contributed by atoms with Crippen LogP contribution in [0.4, 0.5) is 18.9 Å². The van der Waals surface area contributed by atoms with Gasteiger partial charge in [-0.3, -0.25) is 19.7 Å². The number of primary amides is 1. The maximum Gasteiger partial charge on any atom is 0.417 e. The molecule has 1 aromatic carbocycles. The summed E-state index contributed by atoms with van der Waals surface area (Å²) in [5.41, 5.74) is 0.492. The van der Waals surface area contributed by atoms with Gasteiger partial charge < -0.3 is 5.73 Å². The zero-order valence-electron chi connectivity index (χ0n) is 8.52. The molecule has 18 heavy (non-hydrogen) atoms. The Morgan fingerprint density at radius 2 is 1.94 bits per heavy atom. The van der Waals surface area contributed by atoms with Gasteiger partial charge in [0.25, 0.3) is 5.69 Å². The van der Waals surface area contributed by atoms with Gasteiger partial charge in [0, 0.05) is 6.07 Å². The molecular formula is C9H5F3N2O4. The van der Waals surface area contributed by atoms with Gasteiger partial charge in [0.1, 0.15) is 0 Å². The fraction of sp³-hybridized carbons (Fsp3) is 0.111. The van der Waals surface area contributed by atoms with E-state index in [1.165, 1.54) is 0 Å². The highest BCUT2D eigenvalue weighted by atomic mass is 19.4. The number of hydrogen-bond donors (Lipinski definition) is 1. The highest BCUT2D eigenvalue weighted by Crippen LogP contribution is 2.35. The first-order chi connectivity index (χ1) is 8.18. The number of rotatable bonds is 3. The molecule has 0 aliphatic rings. The summed E-state index contributed by atoms with van der Waals surface area (Å²) in [6.07, 6.45) is -5.05. The Labute approximate surface area is 97.3 Å². The van der Waals surface area contributed by atoms with Gasteiger partial charge in [-0.2, -0.15) is 13.2 Å². The molecule has 9 heteroatoms. The summed E-state index contributed by atoms with van der Waals surface area (Å²) >= 11 is 0. The van der Waals surface area contributed by atoms with Crippen LogP contribution < -0.4 is 5.73 Å². The lowest BCUT2D eigenvalue weighted by Gasteiger charge is -2.11. The highest BCUT2D eigenvalue weighted by molar-refractivity contribution is 5.97. The fourth-order valence-corrected chi connectivity index (χ4v) is 1.30. The third kappa shape index (κ3) is 2.44. The molecule has 0 bridgehead atoms. The number of nitrogens with zero attached hydrogens (tertiary/aromatic N) is 1. The monoisotopic (exact) mass is 262 g/mol. The maximum atomic E-state index is 12.6. The minimum atomic E-state index is -4.95. The summed E-state index contributed by atoms with van der Waals surface area (Å²) in [5.74, 6) is -1.47. The van der Waals surface area contributed by atoms with E-state index in [0.717, 1.165) is 0 Å². The van der Waals surface area contributed by atoms with Crippen LogP contribution in [0.5, 0.6) is 0 Å². The van der Waals surface area contributed by atoms with Gasteiger partial charge in [-0.1, -0.05) is 0 Å². The number of nitro benzene ring substituents is 1. The molecule has 6 nitrogen and oxygen atoms in total. The van der Waals surface area contributed by atoms with E-state index in [0.29, 0.717) is 6.07 Å². The second-order valence-electron chi connectivity index (χ2n) is 3.19. The van der Waals surface area contributed by atoms with Crippen molar-refractivity contribution in [2.75, 3.05) is 0 Å². The summed E-state index contributed by atoms with van der Waals surface area (Å²) < 4.78 is 37.7. The van der Waals surface area contributed by atoms with Crippen LogP contribution >= 0.6 is 0 Å². The predicted molar refractivity (Wildman–Crippen MR) is 52.0 cm³/mol. The van der Waals surface area contributed by atoms with Gasteiger partial charge in [-0.05, 0) is 6.07 Å². The second kappa shape index (κ2) is 4.43. The average Bonchev–Trinajstić information content (AvgIpc) is 2.25. The Balaban J connectivity index is 3.68. The molecule has 0 aliphatic carbocycles. The number of carbonyl (C=O) groups is 2. The van der Waals surface area contributed by atoms with Crippen LogP contribution in [0.25, 0.3) is 0 Å². The number of carbonyl (C=O) groups excluding carboxylic acids is 2. The Hall–Kier alpha value is -2.45. The van der Waals surface area contributed by atoms with Crippen molar-refractivity contribution in [3.8, 4) is 0 Å². The van der Waals surface area contributed by atoms with Gasteiger partial charge in [0.2, 0.25) is 5.91 Å². The molecule has 0 fully saturated rings. The Bertz CT molecular complexity index is 539. The molecule has 0 saturated heterocycles. The lowest BCUT2D eigenvalue weighted by molar-refractivity contribution is -0.385. The van der Waals surface area contributed by atoms with Crippen molar-refractivity contribution >= 4 is 17.9 Å². The van der Waals surface area contributed by atoms with Crippen LogP contribution in [0.3, 0.4) is 0 Å². The van der Waals surface area contributed by atoms with Crippen LogP contribution in [0, 0.1) is 10.1 Å². The molecule has 0 radical (unpaired) electrons. The Kier molecular flexibility index (Phi) is 3.35. The molecule has 0 saturated carbocycles. The quantitative estimate of drug-likeness (QED) is 0.506. The van der Waals surface area contributed by atoms with E-state index in [2.05, 4.69) is 0 Å². The molecule has 0 aromatic heterocycles. The van der Waals surface area contributed by atoms with E-state index < -0.39 is 39.4 Å². The third-order valence-electron chi connectivity index (χ3n) is 2.06. The predicted octanol–water partition coefficient (Wildman–Crippen LogP) is 1.52. The lowest BCUT2D eigenvalue weighted by atomic mass is 10.0. The average molecular weight is 262 g/mol. The van der Waals surface area contributed by atoms with Crippen molar-refractivity contribution in [2.24, 2.45) is 5.73 Å². The number of amides is 1. The van der Waals surface area contributed by atoms with E-state index in [4.69, 9.17) is 5.73 Å². The first kappa shape index (κ1) is 13.6. The number of benzene rings is 1. The van der Waals surface area contributed by atoms with Gasteiger partial charge in [-0.25, -0.2) is 0 Å². The SMILES string of the molecule is NC(=O)c1cc([N+](=O)[O-])c(C=O)cc1C(F)(F)F. The summed E-state index contributed by atoms with van der Waals surface area (Å²) in [5, 5.41) is 10.5. The molecule has 0 unspecified atom stereocenters. The number of halogens is 3. The maximum absolute atomic E-state index is 12.6. The molecule has 0 spiro atoms. The lowest BCUT2D eigenvalue weighted by Crippen LogP contribution is -2.19. The molecule has 0 atom stereocenters. The largest absolute Gasteiger partial charge is 0.417 e. The van der Waals surface area contributed by atoms with Crippen LogP contribution in [0.2, 0.25) is 0 Å². The Morgan fingerprint density at radius 3 is 2.28 bits per heavy atom. The van der Waals surface area contributed by atoms with Gasteiger partial charge in [0.05, 0.1) is 21.6 Å². The van der Waals surface area contributed by atoms with E-state index in [9.17, 15) is 32.9 Å². The first-order valence-electron chi connectivity index (χ1n) is 4.33. The van der Waals surface area contributed by atoms with Gasteiger partial charge in [-0.15, -0.1) is 0 Å². The summed E-state index contributed by atoms with van der Waals surface area (Å²) in [7, 11) is 0. The topological polar surface area (TPSA) is 103 Å². The molecule has 0 heterocycles. The van der Waals surface area contributed by atoms with Crippen molar-refractivity contribution < 1.29 is 27.7 Å². The number of nitrogens with two attached hydrogens (primary N) is 1. The van der Waals surface area contributed by atoms with E-state index >= 15 is 0 Å². The molecule has 96 valence electrons. The Morgan fingerprint density at radius 1 is 1.39 bits per heavy atom. The van der Waals surface area contributed by atoms with E-state index in [1.54, 1.807) is 0 Å². The normalized spacial score (nSPS) is 11.1. The van der Waals surface area contributed by atoms with Crippen molar-refractivity contribution in [1.29, 1.82) is 0 Å². The minimum absolute atomic E-state index is 0.0991. The zero-order chi connectivity index (χ0) is 14.1. The molecule has 2 N–H and O–H groups in total. The van der Waals surface area contributed by atoms with E-state index in [-0.39, 0.29) is 12.4 Å². The van der Waals surface area contributed by atoms with Crippen molar-refractivity contribution in [3.05, 3.63) is 38.9 Å². The number of aldehydes is 1. The molecule has 1 amide bonds. The van der Waals surface area contributed by atoms with Crippen LogP contribution in [-0.2, 0) is 6.18 Å². The van der Waals surface area contributed by atoms with Gasteiger partial charge >= 0.3 is 6.18 Å². The minimum Gasteiger partial charge on any atom is -0.366 e. The summed E-state index contributed by atoms with van der Waals surface area (Å²) in [6, 6.07) is 0.570. The molecule has 1 rings (SSSR count). The van der Waals surface area contributed by atoms with E-state index in [1.807, 2.05) is 0 Å². The fourth-order valence-electron chi connectivity index (χ4n) is 1.30. The van der Waals surface area contributed by atoms with Crippen LogP contribution in [-0.4, -0.2) is 17.1 Å². The molecule has 1 aromatic rings. The summed E-state index contributed by atoms with van der Waals surface area (Å²) in [4.78, 5) is 30.8.